The summed E-state index contributed by atoms with van der Waals surface area (Å²) in [6.07, 6.45) is -0.503. The summed E-state index contributed by atoms with van der Waals surface area (Å²) in [5.74, 6) is 0.826. The van der Waals surface area contributed by atoms with Crippen LogP contribution in [0.15, 0.2) is 59.7 Å². The van der Waals surface area contributed by atoms with Gasteiger partial charge in [0.05, 0.1) is 30.9 Å². The average molecular weight is 500 g/mol. The van der Waals surface area contributed by atoms with Crippen LogP contribution < -0.4 is 15.6 Å². The summed E-state index contributed by atoms with van der Waals surface area (Å²) in [5.41, 5.74) is 1.69. The van der Waals surface area contributed by atoms with E-state index in [9.17, 15) is 18.0 Å². The molecule has 2 aromatic heterocycles. The molecule has 5 rings (SSSR count). The van der Waals surface area contributed by atoms with Gasteiger partial charge in [-0.3, -0.25) is 9.36 Å². The highest BCUT2D eigenvalue weighted by atomic mass is 32.1. The normalized spacial score (nSPS) is 15.8. The van der Waals surface area contributed by atoms with Crippen LogP contribution in [0.4, 0.5) is 13.2 Å². The SMILES string of the molecule is COc1ccc(CNC2CCc3c(sc4ncn(Cc5cccc(C(F)(F)F)c5)c(=O)c34)C2)cc1. The molecule has 1 N–H and O–H groups in total. The molecule has 35 heavy (non-hydrogen) atoms. The average Bonchev–Trinajstić information content (AvgIpc) is 3.23. The van der Waals surface area contributed by atoms with Crippen molar-refractivity contribution < 1.29 is 17.9 Å². The summed E-state index contributed by atoms with van der Waals surface area (Å²) in [6.45, 7) is 0.791. The number of halogens is 3. The maximum atomic E-state index is 13.3. The van der Waals surface area contributed by atoms with E-state index >= 15 is 0 Å². The Morgan fingerprint density at radius 2 is 1.97 bits per heavy atom. The van der Waals surface area contributed by atoms with Crippen molar-refractivity contribution in [1.29, 1.82) is 0 Å². The number of fused-ring (bicyclic) bond motifs is 3. The van der Waals surface area contributed by atoms with Gasteiger partial charge in [-0.25, -0.2) is 4.98 Å². The van der Waals surface area contributed by atoms with E-state index in [1.165, 1.54) is 33.9 Å². The number of aromatic nitrogens is 2. The van der Waals surface area contributed by atoms with E-state index in [2.05, 4.69) is 10.3 Å². The van der Waals surface area contributed by atoms with E-state index in [0.717, 1.165) is 54.1 Å². The molecule has 0 bridgehead atoms. The number of ether oxygens (including phenoxy) is 1. The van der Waals surface area contributed by atoms with Crippen molar-refractivity contribution in [1.82, 2.24) is 14.9 Å². The molecule has 1 aliphatic carbocycles. The fraction of sp³-hybridized carbons (Fsp3) is 0.308. The minimum Gasteiger partial charge on any atom is -0.497 e. The van der Waals surface area contributed by atoms with Crippen LogP contribution >= 0.6 is 11.3 Å². The van der Waals surface area contributed by atoms with Crippen LogP contribution in [0.2, 0.25) is 0 Å². The lowest BCUT2D eigenvalue weighted by Gasteiger charge is -2.23. The predicted molar refractivity (Wildman–Crippen MR) is 130 cm³/mol. The van der Waals surface area contributed by atoms with Crippen molar-refractivity contribution in [3.8, 4) is 5.75 Å². The first kappa shape index (κ1) is 23.6. The van der Waals surface area contributed by atoms with Crippen molar-refractivity contribution in [3.63, 3.8) is 0 Å². The first-order valence-electron chi connectivity index (χ1n) is 11.3. The predicted octanol–water partition coefficient (Wildman–Crippen LogP) is 5.18. The zero-order valence-electron chi connectivity index (χ0n) is 19.1. The molecule has 2 heterocycles. The van der Waals surface area contributed by atoms with E-state index in [4.69, 9.17) is 4.74 Å². The summed E-state index contributed by atoms with van der Waals surface area (Å²) in [4.78, 5) is 19.6. The molecule has 182 valence electrons. The Kier molecular flexibility index (Phi) is 6.37. The highest BCUT2D eigenvalue weighted by Crippen LogP contribution is 2.34. The minimum atomic E-state index is -4.42. The van der Waals surface area contributed by atoms with Gasteiger partial charge in [-0.1, -0.05) is 24.3 Å². The monoisotopic (exact) mass is 499 g/mol. The number of alkyl halides is 3. The quantitative estimate of drug-likeness (QED) is 0.397. The van der Waals surface area contributed by atoms with Crippen molar-refractivity contribution in [2.75, 3.05) is 7.11 Å². The van der Waals surface area contributed by atoms with E-state index in [0.29, 0.717) is 21.8 Å². The Bertz CT molecular complexity index is 1410. The second-order valence-corrected chi connectivity index (χ2v) is 9.81. The molecule has 1 atom stereocenters. The molecule has 1 unspecified atom stereocenters. The van der Waals surface area contributed by atoms with Gasteiger partial charge in [0.25, 0.3) is 5.56 Å². The highest BCUT2D eigenvalue weighted by molar-refractivity contribution is 7.18. The molecule has 0 saturated carbocycles. The zero-order chi connectivity index (χ0) is 24.6. The Balaban J connectivity index is 1.33. The highest BCUT2D eigenvalue weighted by Gasteiger charge is 2.30. The molecule has 0 aliphatic heterocycles. The summed E-state index contributed by atoms with van der Waals surface area (Å²) < 4.78 is 45.8. The topological polar surface area (TPSA) is 56.1 Å². The first-order valence-corrected chi connectivity index (χ1v) is 12.2. The third-order valence-electron chi connectivity index (χ3n) is 6.40. The summed E-state index contributed by atoms with van der Waals surface area (Å²) >= 11 is 1.54. The van der Waals surface area contributed by atoms with Crippen LogP contribution in [0.3, 0.4) is 0 Å². The molecule has 0 saturated heterocycles. The number of benzene rings is 2. The van der Waals surface area contributed by atoms with Crippen LogP contribution in [-0.4, -0.2) is 22.7 Å². The molecule has 4 aromatic rings. The van der Waals surface area contributed by atoms with E-state index < -0.39 is 11.7 Å². The third-order valence-corrected chi connectivity index (χ3v) is 7.56. The number of nitrogens with zero attached hydrogens (tertiary/aromatic N) is 2. The van der Waals surface area contributed by atoms with Crippen LogP contribution in [-0.2, 0) is 32.1 Å². The first-order chi connectivity index (χ1) is 16.8. The number of nitrogens with one attached hydrogen (secondary N) is 1. The van der Waals surface area contributed by atoms with Crippen molar-refractivity contribution in [2.24, 2.45) is 0 Å². The van der Waals surface area contributed by atoms with Gasteiger partial charge in [0, 0.05) is 17.5 Å². The van der Waals surface area contributed by atoms with Crippen LogP contribution in [0, 0.1) is 0 Å². The fourth-order valence-corrected chi connectivity index (χ4v) is 5.79. The van der Waals surface area contributed by atoms with Crippen LogP contribution in [0.5, 0.6) is 5.75 Å². The maximum Gasteiger partial charge on any atom is 0.416 e. The molecule has 0 amide bonds. The second kappa shape index (κ2) is 9.47. The Labute approximate surface area is 204 Å². The number of aryl methyl sites for hydroxylation is 1. The Hall–Kier alpha value is -3.17. The summed E-state index contributed by atoms with van der Waals surface area (Å²) in [6, 6.07) is 13.3. The molecule has 5 nitrogen and oxygen atoms in total. The smallest absolute Gasteiger partial charge is 0.416 e. The minimum absolute atomic E-state index is 0.0440. The van der Waals surface area contributed by atoms with E-state index in [1.807, 2.05) is 24.3 Å². The number of rotatable bonds is 6. The largest absolute Gasteiger partial charge is 0.497 e. The number of thiophene rings is 1. The molecular formula is C26H24F3N3O2S. The van der Waals surface area contributed by atoms with Gasteiger partial charge in [-0.15, -0.1) is 11.3 Å². The molecule has 1 aliphatic rings. The van der Waals surface area contributed by atoms with Gasteiger partial charge in [0.15, 0.2) is 0 Å². The zero-order valence-corrected chi connectivity index (χ0v) is 19.9. The molecule has 0 fully saturated rings. The van der Waals surface area contributed by atoms with Crippen molar-refractivity contribution >= 4 is 21.6 Å². The number of methoxy groups -OCH3 is 1. The van der Waals surface area contributed by atoms with Gasteiger partial charge < -0.3 is 10.1 Å². The van der Waals surface area contributed by atoms with Crippen molar-refractivity contribution in [2.45, 2.75) is 44.6 Å². The summed E-state index contributed by atoms with van der Waals surface area (Å²) in [5, 5.41) is 4.21. The molecular weight excluding hydrogens is 475 g/mol. The fourth-order valence-electron chi connectivity index (χ4n) is 4.54. The van der Waals surface area contributed by atoms with Gasteiger partial charge >= 0.3 is 6.18 Å². The lowest BCUT2D eigenvalue weighted by atomic mass is 9.93. The van der Waals surface area contributed by atoms with Crippen LogP contribution in [0.25, 0.3) is 10.2 Å². The molecule has 0 spiro atoms. The van der Waals surface area contributed by atoms with Crippen LogP contribution in [0.1, 0.15) is 33.6 Å². The van der Waals surface area contributed by atoms with E-state index in [1.54, 1.807) is 13.2 Å². The van der Waals surface area contributed by atoms with Gasteiger partial charge in [0.1, 0.15) is 10.6 Å². The molecule has 0 radical (unpaired) electrons. The van der Waals surface area contributed by atoms with Gasteiger partial charge in [0.2, 0.25) is 0 Å². The molecule has 9 heteroatoms. The maximum absolute atomic E-state index is 13.3. The summed E-state index contributed by atoms with van der Waals surface area (Å²) in [7, 11) is 1.65. The van der Waals surface area contributed by atoms with E-state index in [-0.39, 0.29) is 12.1 Å². The molecule has 2 aromatic carbocycles. The lowest BCUT2D eigenvalue weighted by Crippen LogP contribution is -2.33. The second-order valence-electron chi connectivity index (χ2n) is 8.73. The lowest BCUT2D eigenvalue weighted by molar-refractivity contribution is -0.137. The Morgan fingerprint density at radius 1 is 1.17 bits per heavy atom. The van der Waals surface area contributed by atoms with Crippen molar-refractivity contribution in [3.05, 3.63) is 92.3 Å². The Morgan fingerprint density at radius 3 is 2.71 bits per heavy atom. The van der Waals surface area contributed by atoms with Gasteiger partial charge in [-0.05, 0) is 60.2 Å². The van der Waals surface area contributed by atoms with Gasteiger partial charge in [-0.2, -0.15) is 13.2 Å². The third kappa shape index (κ3) is 4.97. The number of hydrogen-bond donors (Lipinski definition) is 1. The standard InChI is InChI=1S/C26H24F3N3O2S/c1-34-20-8-5-16(6-9-20)13-30-19-7-10-21-22(12-19)35-24-23(21)25(33)32(15-31-24)14-17-3-2-4-18(11-17)26(27,28)29/h2-6,8-9,11,15,19,30H,7,10,12-14H2,1H3. The number of hydrogen-bond acceptors (Lipinski definition) is 5.